The number of hydrogen-bond donors (Lipinski definition) is 1. The van der Waals surface area contributed by atoms with Gasteiger partial charge in [0.25, 0.3) is 0 Å². The lowest BCUT2D eigenvalue weighted by Gasteiger charge is -2.24. The summed E-state index contributed by atoms with van der Waals surface area (Å²) in [4.78, 5) is 6.65. The molecule has 1 aromatic carbocycles. The van der Waals surface area contributed by atoms with Crippen LogP contribution in [0.1, 0.15) is 18.1 Å². The van der Waals surface area contributed by atoms with Gasteiger partial charge in [-0.1, -0.05) is 18.2 Å². The summed E-state index contributed by atoms with van der Waals surface area (Å²) in [5.41, 5.74) is 9.23. The van der Waals surface area contributed by atoms with Gasteiger partial charge < -0.3 is 10.6 Å². The van der Waals surface area contributed by atoms with Crippen LogP contribution in [0.2, 0.25) is 0 Å². The molecule has 3 nitrogen and oxygen atoms in total. The standard InChI is InChI=1S/C15H19N3/c1-3-18(14-7-5-4-6-12(14)2)15-10-13(11-16)8-9-17-15/h4-10H,3,11,16H2,1-2H3. The lowest BCUT2D eigenvalue weighted by molar-refractivity contribution is 0.969. The molecule has 2 N–H and O–H groups in total. The molecule has 0 atom stereocenters. The van der Waals surface area contributed by atoms with E-state index in [4.69, 9.17) is 5.73 Å². The van der Waals surface area contributed by atoms with Crippen molar-refractivity contribution in [3.63, 3.8) is 0 Å². The largest absolute Gasteiger partial charge is 0.326 e. The molecule has 0 amide bonds. The van der Waals surface area contributed by atoms with Crippen LogP contribution >= 0.6 is 0 Å². The van der Waals surface area contributed by atoms with Crippen molar-refractivity contribution in [1.29, 1.82) is 0 Å². The molecular formula is C15H19N3. The summed E-state index contributed by atoms with van der Waals surface area (Å²) in [6.45, 7) is 5.67. The van der Waals surface area contributed by atoms with Crippen LogP contribution in [0.25, 0.3) is 0 Å². The molecule has 1 heterocycles. The van der Waals surface area contributed by atoms with Crippen LogP contribution in [0.3, 0.4) is 0 Å². The van der Waals surface area contributed by atoms with Crippen molar-refractivity contribution in [2.75, 3.05) is 11.4 Å². The first-order valence-corrected chi connectivity index (χ1v) is 6.24. The fourth-order valence-electron chi connectivity index (χ4n) is 2.06. The number of aryl methyl sites for hydroxylation is 1. The Hall–Kier alpha value is -1.87. The Kier molecular flexibility index (Phi) is 3.95. The van der Waals surface area contributed by atoms with Crippen LogP contribution in [-0.4, -0.2) is 11.5 Å². The second kappa shape index (κ2) is 5.65. The van der Waals surface area contributed by atoms with Gasteiger partial charge in [0.05, 0.1) is 0 Å². The third-order valence-electron chi connectivity index (χ3n) is 3.04. The van der Waals surface area contributed by atoms with E-state index in [1.54, 1.807) is 0 Å². The molecule has 0 unspecified atom stereocenters. The fraction of sp³-hybridized carbons (Fsp3) is 0.267. The molecule has 0 aliphatic heterocycles. The zero-order valence-corrected chi connectivity index (χ0v) is 10.9. The normalized spacial score (nSPS) is 10.4. The van der Waals surface area contributed by atoms with Crippen molar-refractivity contribution in [3.05, 3.63) is 53.7 Å². The topological polar surface area (TPSA) is 42.1 Å². The molecule has 0 fully saturated rings. The van der Waals surface area contributed by atoms with E-state index in [9.17, 15) is 0 Å². The van der Waals surface area contributed by atoms with Crippen molar-refractivity contribution >= 4 is 11.5 Å². The van der Waals surface area contributed by atoms with Crippen LogP contribution in [0, 0.1) is 6.92 Å². The molecule has 0 bridgehead atoms. The van der Waals surface area contributed by atoms with Gasteiger partial charge in [0.15, 0.2) is 0 Å². The second-order valence-corrected chi connectivity index (χ2v) is 4.26. The fourth-order valence-corrected chi connectivity index (χ4v) is 2.06. The number of para-hydroxylation sites is 1. The van der Waals surface area contributed by atoms with Gasteiger partial charge in [0, 0.05) is 25.0 Å². The average Bonchev–Trinajstić information content (AvgIpc) is 2.42. The Bertz CT molecular complexity index is 523. The summed E-state index contributed by atoms with van der Waals surface area (Å²) in [6.07, 6.45) is 1.82. The molecule has 0 spiro atoms. The molecule has 2 rings (SSSR count). The number of aromatic nitrogens is 1. The molecule has 1 aromatic heterocycles. The average molecular weight is 241 g/mol. The number of nitrogens with zero attached hydrogens (tertiary/aromatic N) is 2. The minimum Gasteiger partial charge on any atom is -0.326 e. The number of benzene rings is 1. The van der Waals surface area contributed by atoms with Gasteiger partial charge in [-0.25, -0.2) is 4.98 Å². The van der Waals surface area contributed by atoms with Gasteiger partial charge >= 0.3 is 0 Å². The molecule has 0 aliphatic rings. The quantitative estimate of drug-likeness (QED) is 0.894. The second-order valence-electron chi connectivity index (χ2n) is 4.26. The number of pyridine rings is 1. The van der Waals surface area contributed by atoms with Crippen molar-refractivity contribution in [2.45, 2.75) is 20.4 Å². The van der Waals surface area contributed by atoms with Crippen LogP contribution in [0.5, 0.6) is 0 Å². The molecule has 3 heteroatoms. The Morgan fingerprint density at radius 3 is 2.67 bits per heavy atom. The van der Waals surface area contributed by atoms with Crippen LogP contribution in [0.4, 0.5) is 11.5 Å². The van der Waals surface area contributed by atoms with Crippen LogP contribution in [-0.2, 0) is 6.54 Å². The molecule has 0 aliphatic carbocycles. The Morgan fingerprint density at radius 1 is 1.22 bits per heavy atom. The van der Waals surface area contributed by atoms with Crippen molar-refractivity contribution in [2.24, 2.45) is 5.73 Å². The van der Waals surface area contributed by atoms with E-state index < -0.39 is 0 Å². The summed E-state index contributed by atoms with van der Waals surface area (Å²) >= 11 is 0. The van der Waals surface area contributed by atoms with Gasteiger partial charge in [0.2, 0.25) is 0 Å². The molecule has 2 aromatic rings. The highest BCUT2D eigenvalue weighted by molar-refractivity contribution is 5.63. The number of rotatable bonds is 4. The van der Waals surface area contributed by atoms with E-state index in [2.05, 4.69) is 54.1 Å². The van der Waals surface area contributed by atoms with E-state index >= 15 is 0 Å². The Labute approximate surface area is 108 Å². The first-order chi connectivity index (χ1) is 8.76. The first-order valence-electron chi connectivity index (χ1n) is 6.24. The SMILES string of the molecule is CCN(c1cc(CN)ccn1)c1ccccc1C. The van der Waals surface area contributed by atoms with Gasteiger partial charge in [-0.3, -0.25) is 0 Å². The number of anilines is 2. The molecule has 18 heavy (non-hydrogen) atoms. The Balaban J connectivity index is 2.42. The predicted molar refractivity (Wildman–Crippen MR) is 76.0 cm³/mol. The third-order valence-corrected chi connectivity index (χ3v) is 3.04. The molecule has 0 saturated carbocycles. The number of hydrogen-bond acceptors (Lipinski definition) is 3. The van der Waals surface area contributed by atoms with E-state index in [1.807, 2.05) is 12.3 Å². The molecule has 0 saturated heterocycles. The maximum absolute atomic E-state index is 5.68. The summed E-state index contributed by atoms with van der Waals surface area (Å²) < 4.78 is 0. The first kappa shape index (κ1) is 12.6. The van der Waals surface area contributed by atoms with Crippen LogP contribution < -0.4 is 10.6 Å². The summed E-state index contributed by atoms with van der Waals surface area (Å²) in [7, 11) is 0. The van der Waals surface area contributed by atoms with Crippen molar-refractivity contribution < 1.29 is 0 Å². The smallest absolute Gasteiger partial charge is 0.133 e. The van der Waals surface area contributed by atoms with E-state index in [-0.39, 0.29) is 0 Å². The molecular weight excluding hydrogens is 222 g/mol. The highest BCUT2D eigenvalue weighted by Crippen LogP contribution is 2.26. The molecule has 94 valence electrons. The Morgan fingerprint density at radius 2 is 2.00 bits per heavy atom. The summed E-state index contributed by atoms with van der Waals surface area (Å²) in [5, 5.41) is 0. The minimum absolute atomic E-state index is 0.543. The monoisotopic (exact) mass is 241 g/mol. The minimum atomic E-state index is 0.543. The van der Waals surface area contributed by atoms with E-state index in [0.29, 0.717) is 6.54 Å². The summed E-state index contributed by atoms with van der Waals surface area (Å²) in [6, 6.07) is 12.3. The van der Waals surface area contributed by atoms with Crippen LogP contribution in [0.15, 0.2) is 42.6 Å². The van der Waals surface area contributed by atoms with E-state index in [0.717, 1.165) is 17.9 Å². The summed E-state index contributed by atoms with van der Waals surface area (Å²) in [5.74, 6) is 0.953. The maximum Gasteiger partial charge on any atom is 0.133 e. The third kappa shape index (κ3) is 2.51. The van der Waals surface area contributed by atoms with Gasteiger partial charge in [0.1, 0.15) is 5.82 Å². The maximum atomic E-state index is 5.68. The van der Waals surface area contributed by atoms with E-state index in [1.165, 1.54) is 11.3 Å². The molecule has 0 radical (unpaired) electrons. The van der Waals surface area contributed by atoms with Crippen molar-refractivity contribution in [3.8, 4) is 0 Å². The lowest BCUT2D eigenvalue weighted by atomic mass is 10.1. The lowest BCUT2D eigenvalue weighted by Crippen LogP contribution is -2.18. The predicted octanol–water partition coefficient (Wildman–Crippen LogP) is 3.01. The van der Waals surface area contributed by atoms with Crippen molar-refractivity contribution in [1.82, 2.24) is 4.98 Å². The zero-order chi connectivity index (χ0) is 13.0. The number of nitrogens with two attached hydrogens (primary N) is 1. The van der Waals surface area contributed by atoms with Gasteiger partial charge in [-0.2, -0.15) is 0 Å². The zero-order valence-electron chi connectivity index (χ0n) is 10.9. The van der Waals surface area contributed by atoms with Gasteiger partial charge in [-0.15, -0.1) is 0 Å². The highest BCUT2D eigenvalue weighted by atomic mass is 15.2. The van der Waals surface area contributed by atoms with Gasteiger partial charge in [-0.05, 0) is 43.2 Å². The highest BCUT2D eigenvalue weighted by Gasteiger charge is 2.10.